The van der Waals surface area contributed by atoms with Gasteiger partial charge in [0, 0.05) is 25.7 Å². The van der Waals surface area contributed by atoms with Crippen LogP contribution in [0.4, 0.5) is 0 Å². The molecular weight excluding hydrogens is 262 g/mol. The lowest BCUT2D eigenvalue weighted by molar-refractivity contribution is -0.133. The van der Waals surface area contributed by atoms with E-state index in [0.717, 1.165) is 19.6 Å². The van der Waals surface area contributed by atoms with E-state index < -0.39 is 0 Å². The minimum Gasteiger partial charge on any atom is -0.342 e. The van der Waals surface area contributed by atoms with Crippen molar-refractivity contribution in [3.63, 3.8) is 0 Å². The molecule has 4 nitrogen and oxygen atoms in total. The molecule has 1 atom stereocenters. The van der Waals surface area contributed by atoms with Crippen LogP contribution in [0.15, 0.2) is 0 Å². The lowest BCUT2D eigenvalue weighted by atomic mass is 9.94. The van der Waals surface area contributed by atoms with Crippen LogP contribution in [-0.4, -0.2) is 61.0 Å². The third-order valence-electron chi connectivity index (χ3n) is 5.21. The molecule has 1 saturated carbocycles. The molecule has 2 aliphatic rings. The molecule has 0 aromatic rings. The monoisotopic (exact) mass is 295 g/mol. The summed E-state index contributed by atoms with van der Waals surface area (Å²) >= 11 is 0. The number of amides is 1. The Kier molecular flexibility index (Phi) is 6.97. The first-order valence-electron chi connectivity index (χ1n) is 8.92. The van der Waals surface area contributed by atoms with Crippen molar-refractivity contribution in [1.29, 1.82) is 0 Å². The SMILES string of the molecule is CCN(CC(=O)N(C)C1CCCCC1)CC1CCCCN1. The number of rotatable bonds is 6. The Bertz CT molecular complexity index is 309. The van der Waals surface area contributed by atoms with E-state index in [0.29, 0.717) is 24.5 Å². The van der Waals surface area contributed by atoms with Crippen LogP contribution in [0, 0.1) is 0 Å². The molecule has 1 N–H and O–H groups in total. The van der Waals surface area contributed by atoms with Crippen molar-refractivity contribution in [2.24, 2.45) is 0 Å². The van der Waals surface area contributed by atoms with E-state index in [1.54, 1.807) is 0 Å². The number of carbonyl (C=O) groups is 1. The van der Waals surface area contributed by atoms with Gasteiger partial charge in [0.15, 0.2) is 0 Å². The van der Waals surface area contributed by atoms with E-state index in [1.807, 2.05) is 11.9 Å². The van der Waals surface area contributed by atoms with Crippen LogP contribution in [0.3, 0.4) is 0 Å². The summed E-state index contributed by atoms with van der Waals surface area (Å²) in [6, 6.07) is 1.06. The molecule has 21 heavy (non-hydrogen) atoms. The van der Waals surface area contributed by atoms with Gasteiger partial charge < -0.3 is 10.2 Å². The van der Waals surface area contributed by atoms with Gasteiger partial charge >= 0.3 is 0 Å². The normalized spacial score (nSPS) is 24.2. The van der Waals surface area contributed by atoms with Gasteiger partial charge in [-0.2, -0.15) is 0 Å². The van der Waals surface area contributed by atoms with Crippen LogP contribution in [0.5, 0.6) is 0 Å². The summed E-state index contributed by atoms with van der Waals surface area (Å²) in [7, 11) is 2.00. The van der Waals surface area contributed by atoms with Gasteiger partial charge in [-0.05, 0) is 38.8 Å². The number of nitrogens with one attached hydrogen (secondary N) is 1. The van der Waals surface area contributed by atoms with Crippen LogP contribution in [0.25, 0.3) is 0 Å². The summed E-state index contributed by atoms with van der Waals surface area (Å²) in [4.78, 5) is 16.9. The maximum Gasteiger partial charge on any atom is 0.236 e. The number of hydrogen-bond acceptors (Lipinski definition) is 3. The number of hydrogen-bond donors (Lipinski definition) is 1. The van der Waals surface area contributed by atoms with E-state index in [9.17, 15) is 4.79 Å². The Balaban J connectivity index is 1.77. The van der Waals surface area contributed by atoms with Crippen LogP contribution in [0.1, 0.15) is 58.3 Å². The van der Waals surface area contributed by atoms with E-state index in [-0.39, 0.29) is 0 Å². The maximum absolute atomic E-state index is 12.5. The molecule has 2 rings (SSSR count). The van der Waals surface area contributed by atoms with E-state index in [2.05, 4.69) is 17.1 Å². The number of likely N-dealkylation sites (N-methyl/N-ethyl adjacent to an activating group) is 2. The van der Waals surface area contributed by atoms with Crippen molar-refractivity contribution >= 4 is 5.91 Å². The fourth-order valence-corrected chi connectivity index (χ4v) is 3.67. The highest BCUT2D eigenvalue weighted by Crippen LogP contribution is 2.21. The van der Waals surface area contributed by atoms with Gasteiger partial charge in [-0.15, -0.1) is 0 Å². The van der Waals surface area contributed by atoms with Crippen LogP contribution in [-0.2, 0) is 4.79 Å². The van der Waals surface area contributed by atoms with Crippen molar-refractivity contribution in [1.82, 2.24) is 15.1 Å². The fourth-order valence-electron chi connectivity index (χ4n) is 3.67. The zero-order valence-electron chi connectivity index (χ0n) is 13.9. The van der Waals surface area contributed by atoms with Gasteiger partial charge in [0.25, 0.3) is 0 Å². The molecule has 122 valence electrons. The second-order valence-electron chi connectivity index (χ2n) is 6.77. The van der Waals surface area contributed by atoms with Gasteiger partial charge in [0.1, 0.15) is 0 Å². The fraction of sp³-hybridized carbons (Fsp3) is 0.941. The van der Waals surface area contributed by atoms with Crippen LogP contribution in [0.2, 0.25) is 0 Å². The molecule has 0 spiro atoms. The molecule has 0 aromatic heterocycles. The lowest BCUT2D eigenvalue weighted by Gasteiger charge is -2.34. The predicted molar refractivity (Wildman–Crippen MR) is 87.4 cm³/mol. The minimum atomic E-state index is 0.305. The number of piperidine rings is 1. The average Bonchev–Trinajstić information content (AvgIpc) is 2.55. The topological polar surface area (TPSA) is 35.6 Å². The number of nitrogens with zero attached hydrogens (tertiary/aromatic N) is 2. The van der Waals surface area contributed by atoms with E-state index in [4.69, 9.17) is 0 Å². The summed E-state index contributed by atoms with van der Waals surface area (Å²) in [5, 5.41) is 3.58. The summed E-state index contributed by atoms with van der Waals surface area (Å²) in [5.74, 6) is 0.305. The Hall–Kier alpha value is -0.610. The first-order valence-corrected chi connectivity index (χ1v) is 8.92. The van der Waals surface area contributed by atoms with Crippen molar-refractivity contribution in [2.75, 3.05) is 33.2 Å². The molecule has 1 heterocycles. The molecule has 1 unspecified atom stereocenters. The smallest absolute Gasteiger partial charge is 0.236 e. The van der Waals surface area contributed by atoms with Gasteiger partial charge in [0.2, 0.25) is 5.91 Å². The highest BCUT2D eigenvalue weighted by molar-refractivity contribution is 5.78. The summed E-state index contributed by atoms with van der Waals surface area (Å²) < 4.78 is 0. The van der Waals surface area contributed by atoms with Crippen molar-refractivity contribution in [3.05, 3.63) is 0 Å². The van der Waals surface area contributed by atoms with Gasteiger partial charge in [0.05, 0.1) is 6.54 Å². The molecule has 0 aromatic carbocycles. The maximum atomic E-state index is 12.5. The molecule has 1 saturated heterocycles. The standard InChI is InChI=1S/C17H33N3O/c1-3-20(13-15-9-7-8-12-18-15)14-17(21)19(2)16-10-5-4-6-11-16/h15-16,18H,3-14H2,1-2H3. The highest BCUT2D eigenvalue weighted by Gasteiger charge is 2.24. The summed E-state index contributed by atoms with van der Waals surface area (Å²) in [5.41, 5.74) is 0. The van der Waals surface area contributed by atoms with Gasteiger partial charge in [-0.25, -0.2) is 0 Å². The first kappa shape index (κ1) is 16.8. The van der Waals surface area contributed by atoms with Gasteiger partial charge in [-0.1, -0.05) is 32.6 Å². The molecule has 2 fully saturated rings. The molecule has 4 heteroatoms. The third kappa shape index (κ3) is 5.26. The summed E-state index contributed by atoms with van der Waals surface area (Å²) in [6.45, 7) is 5.86. The van der Waals surface area contributed by atoms with E-state index >= 15 is 0 Å². The van der Waals surface area contributed by atoms with Crippen molar-refractivity contribution < 1.29 is 4.79 Å². The predicted octanol–water partition coefficient (Wildman–Crippen LogP) is 2.24. The molecule has 1 aliphatic carbocycles. The zero-order chi connectivity index (χ0) is 15.1. The first-order chi connectivity index (χ1) is 10.2. The summed E-state index contributed by atoms with van der Waals surface area (Å²) in [6.07, 6.45) is 10.2. The van der Waals surface area contributed by atoms with E-state index in [1.165, 1.54) is 51.4 Å². The van der Waals surface area contributed by atoms with Crippen LogP contribution >= 0.6 is 0 Å². The average molecular weight is 295 g/mol. The van der Waals surface area contributed by atoms with Crippen LogP contribution < -0.4 is 5.32 Å². The Morgan fingerprint density at radius 2 is 1.81 bits per heavy atom. The Morgan fingerprint density at radius 3 is 2.43 bits per heavy atom. The van der Waals surface area contributed by atoms with Crippen molar-refractivity contribution in [3.8, 4) is 0 Å². The second-order valence-corrected chi connectivity index (χ2v) is 6.77. The Labute approximate surface area is 130 Å². The third-order valence-corrected chi connectivity index (χ3v) is 5.21. The molecule has 1 amide bonds. The second kappa shape index (κ2) is 8.74. The number of carbonyl (C=O) groups excluding carboxylic acids is 1. The molecule has 0 radical (unpaired) electrons. The highest BCUT2D eigenvalue weighted by atomic mass is 16.2. The zero-order valence-corrected chi connectivity index (χ0v) is 13.9. The van der Waals surface area contributed by atoms with Gasteiger partial charge in [-0.3, -0.25) is 9.69 Å². The minimum absolute atomic E-state index is 0.305. The molecular formula is C17H33N3O. The molecule has 1 aliphatic heterocycles. The quantitative estimate of drug-likeness (QED) is 0.816. The largest absolute Gasteiger partial charge is 0.342 e. The molecule has 0 bridgehead atoms. The Morgan fingerprint density at radius 1 is 1.10 bits per heavy atom. The van der Waals surface area contributed by atoms with Crippen molar-refractivity contribution in [2.45, 2.75) is 70.4 Å². The lowest BCUT2D eigenvalue weighted by Crippen LogP contribution is -2.48.